The SMILES string of the molecule is CN1CCN(CC(=O)NC2(c3nnc(-c4ccccn4)s3)CC(C(N)=O)=CC=C2OC(F)(F)F)CC1. The first-order valence-electron chi connectivity index (χ1n) is 11.0. The van der Waals surface area contributed by atoms with E-state index in [0.29, 0.717) is 23.8 Å². The number of halogens is 3. The second kappa shape index (κ2) is 10.3. The van der Waals surface area contributed by atoms with Gasteiger partial charge in [-0.1, -0.05) is 23.5 Å². The summed E-state index contributed by atoms with van der Waals surface area (Å²) in [4.78, 5) is 33.4. The number of ether oxygens (including phenoxy) is 1. The molecule has 0 bridgehead atoms. The van der Waals surface area contributed by atoms with Crippen molar-refractivity contribution < 1.29 is 27.5 Å². The van der Waals surface area contributed by atoms with Crippen LogP contribution in [0.2, 0.25) is 0 Å². The van der Waals surface area contributed by atoms with E-state index in [9.17, 15) is 22.8 Å². The number of hydrogen-bond acceptors (Lipinski definition) is 9. The smallest absolute Gasteiger partial charge is 0.407 e. The lowest BCUT2D eigenvalue weighted by Crippen LogP contribution is -2.54. The van der Waals surface area contributed by atoms with Gasteiger partial charge < -0.3 is 20.7 Å². The van der Waals surface area contributed by atoms with Crippen LogP contribution in [0, 0.1) is 0 Å². The van der Waals surface area contributed by atoms with Gasteiger partial charge in [0.15, 0.2) is 15.6 Å². The van der Waals surface area contributed by atoms with Crippen LogP contribution in [0.5, 0.6) is 0 Å². The van der Waals surface area contributed by atoms with Gasteiger partial charge in [-0.25, -0.2) is 0 Å². The van der Waals surface area contributed by atoms with E-state index in [4.69, 9.17) is 5.73 Å². The van der Waals surface area contributed by atoms with Gasteiger partial charge >= 0.3 is 6.36 Å². The first-order chi connectivity index (χ1) is 17.1. The Morgan fingerprint density at radius 1 is 1.19 bits per heavy atom. The molecule has 0 radical (unpaired) electrons. The van der Waals surface area contributed by atoms with Crippen molar-refractivity contribution in [2.45, 2.75) is 18.3 Å². The van der Waals surface area contributed by atoms with Crippen molar-refractivity contribution in [2.75, 3.05) is 39.8 Å². The molecule has 1 aliphatic heterocycles. The van der Waals surface area contributed by atoms with Gasteiger partial charge in [-0.3, -0.25) is 19.5 Å². The molecule has 14 heteroatoms. The number of alkyl halides is 3. The van der Waals surface area contributed by atoms with Gasteiger partial charge in [-0.2, -0.15) is 0 Å². The van der Waals surface area contributed by atoms with E-state index in [1.165, 1.54) is 6.20 Å². The molecule has 1 atom stereocenters. The van der Waals surface area contributed by atoms with Gasteiger partial charge in [-0.15, -0.1) is 23.4 Å². The summed E-state index contributed by atoms with van der Waals surface area (Å²) < 4.78 is 44.6. The zero-order valence-electron chi connectivity index (χ0n) is 19.3. The summed E-state index contributed by atoms with van der Waals surface area (Å²) in [5.41, 5.74) is 3.95. The standard InChI is InChI=1S/C22H24F3N7O3S/c1-31-8-10-32(11-9-31)13-17(33)28-21(20-30-29-19(36-20)15-4-2-3-7-27-15)12-14(18(26)34)5-6-16(21)35-22(23,24)25/h2-7H,8-13H2,1H3,(H2,26,34)(H,28,33). The molecular formula is C22H24F3N7O3S. The van der Waals surface area contributed by atoms with E-state index in [-0.39, 0.29) is 17.1 Å². The van der Waals surface area contributed by atoms with Crippen LogP contribution in [-0.2, 0) is 19.9 Å². The molecule has 1 aliphatic carbocycles. The van der Waals surface area contributed by atoms with Crippen LogP contribution in [0.15, 0.2) is 47.9 Å². The molecule has 192 valence electrons. The summed E-state index contributed by atoms with van der Waals surface area (Å²) in [5.74, 6) is -2.04. The number of pyridine rings is 1. The van der Waals surface area contributed by atoms with Crippen molar-refractivity contribution in [1.29, 1.82) is 0 Å². The predicted octanol–water partition coefficient (Wildman–Crippen LogP) is 1.39. The minimum absolute atomic E-state index is 0.000919. The number of amides is 2. The van der Waals surface area contributed by atoms with E-state index in [2.05, 4.69) is 30.1 Å². The third kappa shape index (κ3) is 5.88. The van der Waals surface area contributed by atoms with Crippen molar-refractivity contribution in [1.82, 2.24) is 30.3 Å². The Labute approximate surface area is 208 Å². The number of rotatable bonds is 7. The number of nitrogens with one attached hydrogen (secondary N) is 1. The molecule has 2 aromatic rings. The summed E-state index contributed by atoms with van der Waals surface area (Å²) in [6, 6.07) is 5.10. The minimum Gasteiger partial charge on any atom is -0.407 e. The van der Waals surface area contributed by atoms with Crippen LogP contribution in [0.3, 0.4) is 0 Å². The Hall–Kier alpha value is -3.36. The summed E-state index contributed by atoms with van der Waals surface area (Å²) in [5, 5.41) is 11.2. The lowest BCUT2D eigenvalue weighted by molar-refractivity contribution is -0.310. The highest BCUT2D eigenvalue weighted by Gasteiger charge is 2.49. The van der Waals surface area contributed by atoms with Crippen LogP contribution in [0.4, 0.5) is 13.2 Å². The summed E-state index contributed by atoms with van der Waals surface area (Å²) in [6.07, 6.45) is -1.79. The van der Waals surface area contributed by atoms with Gasteiger partial charge in [-0.05, 0) is 25.3 Å². The van der Waals surface area contributed by atoms with Gasteiger partial charge in [0, 0.05) is 44.4 Å². The molecule has 1 fully saturated rings. The number of allylic oxidation sites excluding steroid dienone is 2. The van der Waals surface area contributed by atoms with E-state index < -0.39 is 35.9 Å². The fourth-order valence-electron chi connectivity index (χ4n) is 3.98. The maximum absolute atomic E-state index is 13.4. The summed E-state index contributed by atoms with van der Waals surface area (Å²) >= 11 is 0.936. The molecule has 0 saturated carbocycles. The predicted molar refractivity (Wildman–Crippen MR) is 124 cm³/mol. The highest BCUT2D eigenvalue weighted by Crippen LogP contribution is 2.44. The molecule has 2 aromatic heterocycles. The van der Waals surface area contributed by atoms with Crippen molar-refractivity contribution >= 4 is 23.2 Å². The second-order valence-corrected chi connectivity index (χ2v) is 9.45. The molecule has 0 spiro atoms. The number of nitrogens with zero attached hydrogens (tertiary/aromatic N) is 5. The monoisotopic (exact) mass is 523 g/mol. The second-order valence-electron chi connectivity index (χ2n) is 8.47. The molecule has 2 amide bonds. The minimum atomic E-state index is -5.06. The summed E-state index contributed by atoms with van der Waals surface area (Å²) in [7, 11) is 1.96. The maximum Gasteiger partial charge on any atom is 0.572 e. The van der Waals surface area contributed by atoms with E-state index in [0.717, 1.165) is 36.6 Å². The highest BCUT2D eigenvalue weighted by molar-refractivity contribution is 7.14. The average Bonchev–Trinajstić information content (AvgIpc) is 3.32. The van der Waals surface area contributed by atoms with Crippen molar-refractivity contribution in [3.05, 3.63) is 52.9 Å². The number of piperazine rings is 1. The Morgan fingerprint density at radius 3 is 2.58 bits per heavy atom. The van der Waals surface area contributed by atoms with Crippen LogP contribution in [-0.4, -0.2) is 82.9 Å². The normalized spacial score (nSPS) is 21.4. The van der Waals surface area contributed by atoms with Gasteiger partial charge in [0.05, 0.1) is 6.54 Å². The van der Waals surface area contributed by atoms with Crippen molar-refractivity contribution in [3.63, 3.8) is 0 Å². The summed E-state index contributed by atoms with van der Waals surface area (Å²) in [6.45, 7) is 2.68. The Bertz CT molecular complexity index is 1180. The lowest BCUT2D eigenvalue weighted by Gasteiger charge is -2.38. The molecule has 1 saturated heterocycles. The molecule has 10 nitrogen and oxygen atoms in total. The Morgan fingerprint density at radius 2 is 1.94 bits per heavy atom. The van der Waals surface area contributed by atoms with Crippen LogP contribution >= 0.6 is 11.3 Å². The molecule has 0 aromatic carbocycles. The zero-order valence-corrected chi connectivity index (χ0v) is 20.1. The molecule has 3 heterocycles. The highest BCUT2D eigenvalue weighted by atomic mass is 32.1. The molecule has 36 heavy (non-hydrogen) atoms. The Kier molecular flexibility index (Phi) is 7.38. The molecule has 2 aliphatic rings. The largest absolute Gasteiger partial charge is 0.572 e. The first kappa shape index (κ1) is 25.7. The van der Waals surface area contributed by atoms with Crippen molar-refractivity contribution in [3.8, 4) is 10.7 Å². The number of hydrogen-bond donors (Lipinski definition) is 2. The number of carbonyl (C=O) groups is 2. The van der Waals surface area contributed by atoms with Crippen LogP contribution in [0.1, 0.15) is 11.4 Å². The fourth-order valence-corrected chi connectivity index (χ4v) is 4.95. The van der Waals surface area contributed by atoms with E-state index >= 15 is 0 Å². The lowest BCUT2D eigenvalue weighted by atomic mass is 9.84. The maximum atomic E-state index is 13.4. The third-order valence-electron chi connectivity index (χ3n) is 5.84. The molecule has 1 unspecified atom stereocenters. The number of nitrogens with two attached hydrogens (primary N) is 1. The first-order valence-corrected chi connectivity index (χ1v) is 11.8. The fraction of sp³-hybridized carbons (Fsp3) is 0.409. The van der Waals surface area contributed by atoms with Gasteiger partial charge in [0.1, 0.15) is 11.5 Å². The van der Waals surface area contributed by atoms with Crippen LogP contribution < -0.4 is 11.1 Å². The molecule has 3 N–H and O–H groups in total. The number of carbonyl (C=O) groups excluding carboxylic acids is 2. The number of aromatic nitrogens is 3. The van der Waals surface area contributed by atoms with Gasteiger partial charge in [0.25, 0.3) is 0 Å². The van der Waals surface area contributed by atoms with Gasteiger partial charge in [0.2, 0.25) is 11.8 Å². The quantitative estimate of drug-likeness (QED) is 0.558. The third-order valence-corrected chi connectivity index (χ3v) is 6.95. The molecule has 4 rings (SSSR count). The van der Waals surface area contributed by atoms with Crippen LogP contribution in [0.25, 0.3) is 10.7 Å². The Balaban J connectivity index is 1.73. The topological polar surface area (TPSA) is 127 Å². The van der Waals surface area contributed by atoms with Crippen molar-refractivity contribution in [2.24, 2.45) is 5.73 Å². The zero-order chi connectivity index (χ0) is 25.9. The average molecular weight is 524 g/mol. The molecular weight excluding hydrogens is 499 g/mol. The number of primary amides is 1. The number of likely N-dealkylation sites (N-methyl/N-ethyl adjacent to an activating group) is 1. The van der Waals surface area contributed by atoms with E-state index in [1.54, 1.807) is 18.2 Å². The van der Waals surface area contributed by atoms with E-state index in [1.807, 2.05) is 11.9 Å².